The highest BCUT2D eigenvalue weighted by Gasteiger charge is 2.38. The lowest BCUT2D eigenvalue weighted by atomic mass is 10.0. The first-order valence-electron chi connectivity index (χ1n) is 10.8. The molecule has 0 unspecified atom stereocenters. The van der Waals surface area contributed by atoms with E-state index in [4.69, 9.17) is 0 Å². The molecule has 2 amide bonds. The highest BCUT2D eigenvalue weighted by atomic mass is 79.9. The summed E-state index contributed by atoms with van der Waals surface area (Å²) in [7, 11) is 0. The first-order valence-corrected chi connectivity index (χ1v) is 12.4. The van der Waals surface area contributed by atoms with Crippen LogP contribution in [0.5, 0.6) is 0 Å². The average Bonchev–Trinajstić information content (AvgIpc) is 3.51. The molecule has 0 radical (unpaired) electrons. The summed E-state index contributed by atoms with van der Waals surface area (Å²) < 4.78 is 1.03. The fourth-order valence-electron chi connectivity index (χ4n) is 4.07. The zero-order valence-electron chi connectivity index (χ0n) is 17.9. The van der Waals surface area contributed by atoms with Gasteiger partial charge in [-0.1, -0.05) is 54.6 Å². The summed E-state index contributed by atoms with van der Waals surface area (Å²) in [4.78, 5) is 28.0. The van der Waals surface area contributed by atoms with Gasteiger partial charge in [0.05, 0.1) is 6.04 Å². The molecule has 4 rings (SSSR count). The third-order valence-corrected chi connectivity index (χ3v) is 7.73. The predicted molar refractivity (Wildman–Crippen MR) is 131 cm³/mol. The van der Waals surface area contributed by atoms with Crippen molar-refractivity contribution in [1.29, 1.82) is 0 Å². The maximum absolute atomic E-state index is 12.9. The Morgan fingerprint density at radius 3 is 2.45 bits per heavy atom. The van der Waals surface area contributed by atoms with E-state index < -0.39 is 24.0 Å². The third kappa shape index (κ3) is 5.35. The lowest BCUT2D eigenvalue weighted by molar-refractivity contribution is -0.153. The van der Waals surface area contributed by atoms with Crippen molar-refractivity contribution in [2.75, 3.05) is 6.54 Å². The van der Waals surface area contributed by atoms with Gasteiger partial charge in [-0.3, -0.25) is 9.59 Å². The minimum atomic E-state index is -1.84. The second-order valence-electron chi connectivity index (χ2n) is 8.00. The molecule has 1 aromatic heterocycles. The summed E-state index contributed by atoms with van der Waals surface area (Å²) in [6.07, 6.45) is -2.06. The molecule has 2 aromatic carbocycles. The number of aliphatic hydroxyl groups excluding tert-OH is 2. The molecule has 172 valence electrons. The number of rotatable bonds is 7. The second-order valence-corrected chi connectivity index (χ2v) is 9.77. The fourth-order valence-corrected chi connectivity index (χ4v) is 5.68. The number of nitrogens with zero attached hydrogens (tertiary/aromatic N) is 1. The van der Waals surface area contributed by atoms with E-state index in [9.17, 15) is 19.8 Å². The molecular weight excluding hydrogens is 504 g/mol. The van der Waals surface area contributed by atoms with Gasteiger partial charge in [-0.2, -0.15) is 0 Å². The number of hydrogen-bond acceptors (Lipinski definition) is 5. The Hall–Kier alpha value is -2.52. The minimum absolute atomic E-state index is 0.162. The normalized spacial score (nSPS) is 17.5. The number of benzene rings is 2. The van der Waals surface area contributed by atoms with Gasteiger partial charge in [-0.05, 0) is 56.9 Å². The Bertz CT molecular complexity index is 1100. The molecule has 0 bridgehead atoms. The van der Waals surface area contributed by atoms with Gasteiger partial charge < -0.3 is 20.4 Å². The summed E-state index contributed by atoms with van der Waals surface area (Å²) in [5.74, 6) is -1.41. The Morgan fingerprint density at radius 2 is 1.79 bits per heavy atom. The zero-order chi connectivity index (χ0) is 23.4. The van der Waals surface area contributed by atoms with Gasteiger partial charge in [0.1, 0.15) is 0 Å². The molecule has 3 aromatic rings. The van der Waals surface area contributed by atoms with Crippen molar-refractivity contribution in [1.82, 2.24) is 10.2 Å². The third-order valence-electron chi connectivity index (χ3n) is 5.84. The highest BCUT2D eigenvalue weighted by molar-refractivity contribution is 9.10. The molecule has 0 saturated carbocycles. The fraction of sp³-hybridized carbons (Fsp3) is 0.280. The van der Waals surface area contributed by atoms with E-state index in [1.807, 2.05) is 66.0 Å². The van der Waals surface area contributed by atoms with Crippen LogP contribution in [0.4, 0.5) is 0 Å². The number of aliphatic hydroxyl groups is 2. The van der Waals surface area contributed by atoms with E-state index in [1.54, 1.807) is 16.2 Å². The van der Waals surface area contributed by atoms with Crippen molar-refractivity contribution in [3.63, 3.8) is 0 Å². The number of hydrogen-bond donors (Lipinski definition) is 3. The van der Waals surface area contributed by atoms with Crippen molar-refractivity contribution in [2.24, 2.45) is 0 Å². The van der Waals surface area contributed by atoms with Crippen LogP contribution in [0.2, 0.25) is 0 Å². The summed E-state index contributed by atoms with van der Waals surface area (Å²) >= 11 is 5.16. The highest BCUT2D eigenvalue weighted by Crippen LogP contribution is 2.34. The van der Waals surface area contributed by atoms with Crippen LogP contribution >= 0.6 is 27.3 Å². The topological polar surface area (TPSA) is 89.9 Å². The van der Waals surface area contributed by atoms with Crippen LogP contribution in [0.25, 0.3) is 10.4 Å². The second kappa shape index (κ2) is 10.6. The van der Waals surface area contributed by atoms with Crippen LogP contribution in [0.1, 0.15) is 30.0 Å². The molecule has 1 aliphatic rings. The molecule has 0 aliphatic carbocycles. The first kappa shape index (κ1) is 23.6. The van der Waals surface area contributed by atoms with Crippen LogP contribution in [0.15, 0.2) is 70.5 Å². The molecule has 1 fully saturated rings. The summed E-state index contributed by atoms with van der Waals surface area (Å²) in [5.41, 5.74) is 2.88. The van der Waals surface area contributed by atoms with Crippen LogP contribution in [0.3, 0.4) is 0 Å². The van der Waals surface area contributed by atoms with Crippen LogP contribution in [-0.4, -0.2) is 45.7 Å². The molecular formula is C25H25BrN2O4S. The summed E-state index contributed by atoms with van der Waals surface area (Å²) in [6.45, 7) is 0.662. The monoisotopic (exact) mass is 528 g/mol. The molecule has 2 heterocycles. The van der Waals surface area contributed by atoms with Gasteiger partial charge in [0, 0.05) is 22.4 Å². The Labute approximate surface area is 205 Å². The molecule has 33 heavy (non-hydrogen) atoms. The SMILES string of the molecule is O=C(NCc1ccc(-c2sccc2Br)cc1)[C@H](O)[C@@H](O)C(=O)N1CCC[C@@H]1c1ccccc1. The number of halogens is 1. The number of thiophene rings is 1. The lowest BCUT2D eigenvalue weighted by Gasteiger charge is -2.28. The van der Waals surface area contributed by atoms with E-state index in [-0.39, 0.29) is 12.6 Å². The molecule has 1 aliphatic heterocycles. The smallest absolute Gasteiger partial charge is 0.255 e. The van der Waals surface area contributed by atoms with E-state index in [0.717, 1.165) is 38.9 Å². The molecule has 0 spiro atoms. The largest absolute Gasteiger partial charge is 0.380 e. The van der Waals surface area contributed by atoms with Crippen LogP contribution in [0, 0.1) is 0 Å². The van der Waals surface area contributed by atoms with Gasteiger partial charge in [-0.15, -0.1) is 11.3 Å². The number of carbonyl (C=O) groups is 2. The van der Waals surface area contributed by atoms with E-state index in [0.29, 0.717) is 6.54 Å². The summed E-state index contributed by atoms with van der Waals surface area (Å²) in [5, 5.41) is 25.4. The van der Waals surface area contributed by atoms with Crippen molar-refractivity contribution >= 4 is 39.1 Å². The predicted octanol–water partition coefficient (Wildman–Crippen LogP) is 3.88. The number of amides is 2. The molecule has 6 nitrogen and oxygen atoms in total. The molecule has 3 atom stereocenters. The van der Waals surface area contributed by atoms with Crippen molar-refractivity contribution < 1.29 is 19.8 Å². The van der Waals surface area contributed by atoms with E-state index >= 15 is 0 Å². The van der Waals surface area contributed by atoms with E-state index in [2.05, 4.69) is 21.2 Å². The van der Waals surface area contributed by atoms with Crippen LogP contribution in [-0.2, 0) is 16.1 Å². The van der Waals surface area contributed by atoms with Gasteiger partial charge >= 0.3 is 0 Å². The zero-order valence-corrected chi connectivity index (χ0v) is 20.3. The van der Waals surface area contributed by atoms with Crippen molar-refractivity contribution in [2.45, 2.75) is 37.6 Å². The Kier molecular flexibility index (Phi) is 7.60. The number of carbonyl (C=O) groups excluding carboxylic acids is 2. The minimum Gasteiger partial charge on any atom is -0.380 e. The maximum Gasteiger partial charge on any atom is 0.255 e. The molecule has 1 saturated heterocycles. The summed E-state index contributed by atoms with van der Waals surface area (Å²) in [6, 6.07) is 19.1. The standard InChI is InChI=1S/C25H25BrN2O4S/c26-19-12-14-33-23(19)18-10-8-16(9-11-18)15-27-24(31)21(29)22(30)25(32)28-13-4-7-20(28)17-5-2-1-3-6-17/h1-3,5-6,8-12,14,20-22,29-30H,4,7,13,15H2,(H,27,31)/t20-,21-,22-/m1/s1. The Balaban J connectivity index is 1.34. The number of nitrogens with one attached hydrogen (secondary N) is 1. The Morgan fingerprint density at radius 1 is 1.06 bits per heavy atom. The maximum atomic E-state index is 12.9. The average molecular weight is 529 g/mol. The van der Waals surface area contributed by atoms with Gasteiger partial charge in [0.15, 0.2) is 12.2 Å². The van der Waals surface area contributed by atoms with Crippen LogP contribution < -0.4 is 5.32 Å². The van der Waals surface area contributed by atoms with Gasteiger partial charge in [0.25, 0.3) is 11.8 Å². The quantitative estimate of drug-likeness (QED) is 0.434. The van der Waals surface area contributed by atoms with Gasteiger partial charge in [0.2, 0.25) is 0 Å². The molecule has 3 N–H and O–H groups in total. The molecule has 8 heteroatoms. The van der Waals surface area contributed by atoms with E-state index in [1.165, 1.54) is 0 Å². The van der Waals surface area contributed by atoms with Gasteiger partial charge in [-0.25, -0.2) is 0 Å². The number of likely N-dealkylation sites (tertiary alicyclic amines) is 1. The van der Waals surface area contributed by atoms with Crippen molar-refractivity contribution in [3.05, 3.63) is 81.6 Å². The first-order chi connectivity index (χ1) is 16.0. The van der Waals surface area contributed by atoms with Crippen molar-refractivity contribution in [3.8, 4) is 10.4 Å². The lowest BCUT2D eigenvalue weighted by Crippen LogP contribution is -2.50.